The van der Waals surface area contributed by atoms with Gasteiger partial charge in [-0.05, 0) is 24.3 Å². The number of halogens is 1. The molecule has 0 aromatic carbocycles. The lowest BCUT2D eigenvalue weighted by Crippen LogP contribution is -2.20. The van der Waals surface area contributed by atoms with Crippen LogP contribution in [0.3, 0.4) is 0 Å². The largest absolute Gasteiger partial charge is 0.544 e. The van der Waals surface area contributed by atoms with Crippen molar-refractivity contribution in [3.05, 3.63) is 50.4 Å². The molecule has 0 saturated carbocycles. The number of carbonyl (C=O) groups is 2. The molecule has 0 spiro atoms. The molecule has 0 aliphatic heterocycles. The molecule has 0 aliphatic carbocycles. The highest BCUT2D eigenvalue weighted by molar-refractivity contribution is 7.16. The molecule has 106 valence electrons. The van der Waals surface area contributed by atoms with Gasteiger partial charge in [-0.3, -0.25) is 9.20 Å². The van der Waals surface area contributed by atoms with Crippen molar-refractivity contribution in [3.8, 4) is 0 Å². The molecule has 3 heterocycles. The normalized spacial score (nSPS) is 11.5. The van der Waals surface area contributed by atoms with Crippen LogP contribution < -0.4 is 5.11 Å². The van der Waals surface area contributed by atoms with Gasteiger partial charge in [-0.2, -0.15) is 0 Å². The fourth-order valence-corrected chi connectivity index (χ4v) is 3.51. The van der Waals surface area contributed by atoms with Crippen molar-refractivity contribution < 1.29 is 14.7 Å². The van der Waals surface area contributed by atoms with Crippen molar-refractivity contribution in [2.24, 2.45) is 0 Å². The van der Waals surface area contributed by atoms with Crippen molar-refractivity contribution >= 4 is 57.1 Å². The number of carboxylic acid groups (broad SMARTS) is 1. The average molecular weight is 338 g/mol. The molecule has 0 N–H and O–H groups in total. The molecule has 0 saturated heterocycles. The minimum Gasteiger partial charge on any atom is -0.544 e. The molecule has 3 rings (SSSR count). The Morgan fingerprint density at radius 2 is 2.10 bits per heavy atom. The third kappa shape index (κ3) is 2.63. The number of hydrogen-bond donors (Lipinski definition) is 0. The number of imidazole rings is 1. The van der Waals surface area contributed by atoms with E-state index in [0.717, 1.165) is 16.3 Å². The second kappa shape index (κ2) is 5.44. The van der Waals surface area contributed by atoms with Crippen LogP contribution in [0.1, 0.15) is 25.0 Å². The smallest absolute Gasteiger partial charge is 0.195 e. The zero-order valence-electron chi connectivity index (χ0n) is 10.3. The summed E-state index contributed by atoms with van der Waals surface area (Å²) in [6.07, 6.45) is 4.72. The van der Waals surface area contributed by atoms with Gasteiger partial charge in [0.15, 0.2) is 15.9 Å². The van der Waals surface area contributed by atoms with Crippen LogP contribution in [0.15, 0.2) is 29.8 Å². The number of fused-ring (bicyclic) bond motifs is 1. The second-order valence-electron chi connectivity index (χ2n) is 3.99. The predicted molar refractivity (Wildman–Crippen MR) is 80.1 cm³/mol. The first-order chi connectivity index (χ1) is 10.1. The van der Waals surface area contributed by atoms with Gasteiger partial charge in [0.2, 0.25) is 0 Å². The van der Waals surface area contributed by atoms with Crippen LogP contribution in [0.25, 0.3) is 11.0 Å². The van der Waals surface area contributed by atoms with Crippen LogP contribution in [-0.2, 0) is 0 Å². The molecule has 3 aromatic rings. The predicted octanol–water partition coefficient (Wildman–Crippen LogP) is 2.37. The quantitative estimate of drug-likeness (QED) is 0.541. The number of carboxylic acids is 1. The van der Waals surface area contributed by atoms with E-state index in [2.05, 4.69) is 4.98 Å². The highest BCUT2D eigenvalue weighted by Gasteiger charge is 2.10. The monoisotopic (exact) mass is 337 g/mol. The van der Waals surface area contributed by atoms with E-state index in [1.165, 1.54) is 29.5 Å². The van der Waals surface area contributed by atoms with Gasteiger partial charge in [-0.1, -0.05) is 11.6 Å². The first kappa shape index (κ1) is 14.0. The van der Waals surface area contributed by atoms with E-state index in [-0.39, 0.29) is 10.7 Å². The molecule has 0 bridgehead atoms. The minimum atomic E-state index is -1.29. The third-order valence-electron chi connectivity index (χ3n) is 2.70. The fraction of sp³-hybridized carbons (Fsp3) is 0. The molecule has 3 aromatic heterocycles. The first-order valence-corrected chi connectivity index (χ1v) is 7.78. The maximum Gasteiger partial charge on any atom is 0.195 e. The fourth-order valence-electron chi connectivity index (χ4n) is 1.74. The summed E-state index contributed by atoms with van der Waals surface area (Å²) < 4.78 is 1.78. The number of rotatable bonds is 4. The maximum absolute atomic E-state index is 12.0. The molecule has 21 heavy (non-hydrogen) atoms. The second-order valence-corrected chi connectivity index (χ2v) is 6.31. The Balaban J connectivity index is 1.88. The van der Waals surface area contributed by atoms with E-state index in [1.54, 1.807) is 10.5 Å². The molecule has 0 aliphatic rings. The lowest BCUT2D eigenvalue weighted by atomic mass is 10.2. The van der Waals surface area contributed by atoms with E-state index < -0.39 is 5.97 Å². The zero-order valence-corrected chi connectivity index (χ0v) is 12.7. The standard InChI is InChI=1S/C13H7ClN2O3S2/c14-11-7(16-5-6-20-13(16)15-11)1-2-8(17)9-3-4-10(21-9)12(18)19/h1-6H,(H,18,19)/p-1/b2-1+. The Morgan fingerprint density at radius 3 is 2.81 bits per heavy atom. The summed E-state index contributed by atoms with van der Waals surface area (Å²) in [4.78, 5) is 27.9. The molecule has 5 nitrogen and oxygen atoms in total. The van der Waals surface area contributed by atoms with Crippen molar-refractivity contribution in [3.63, 3.8) is 0 Å². The maximum atomic E-state index is 12.0. The van der Waals surface area contributed by atoms with Gasteiger partial charge in [0.05, 0.1) is 21.4 Å². The molecule has 0 radical (unpaired) electrons. The number of nitrogens with zero attached hydrogens (tertiary/aromatic N) is 2. The number of carbonyl (C=O) groups excluding carboxylic acids is 2. The highest BCUT2D eigenvalue weighted by Crippen LogP contribution is 2.23. The van der Waals surface area contributed by atoms with Crippen LogP contribution in [0.2, 0.25) is 5.15 Å². The Bertz CT molecular complexity index is 875. The summed E-state index contributed by atoms with van der Waals surface area (Å²) in [6.45, 7) is 0. The minimum absolute atomic E-state index is 0.0226. The molecular weight excluding hydrogens is 332 g/mol. The number of allylic oxidation sites excluding steroid dienone is 1. The highest BCUT2D eigenvalue weighted by atomic mass is 35.5. The van der Waals surface area contributed by atoms with E-state index >= 15 is 0 Å². The Morgan fingerprint density at radius 1 is 1.33 bits per heavy atom. The number of thiophene rings is 1. The number of thiazole rings is 1. The lowest BCUT2D eigenvalue weighted by molar-refractivity contribution is -0.254. The van der Waals surface area contributed by atoms with E-state index in [0.29, 0.717) is 15.7 Å². The van der Waals surface area contributed by atoms with Gasteiger partial charge in [-0.15, -0.1) is 22.7 Å². The Labute approximate surface area is 131 Å². The lowest BCUT2D eigenvalue weighted by Gasteiger charge is -1.94. The van der Waals surface area contributed by atoms with Gasteiger partial charge in [0.25, 0.3) is 0 Å². The summed E-state index contributed by atoms with van der Waals surface area (Å²) in [5, 5.41) is 12.9. The van der Waals surface area contributed by atoms with Crippen molar-refractivity contribution in [1.29, 1.82) is 0 Å². The molecule has 0 unspecified atom stereocenters. The SMILES string of the molecule is O=C([O-])c1ccc(C(=O)/C=C/c2c(Cl)nc3sccn23)s1. The summed E-state index contributed by atoms with van der Waals surface area (Å²) in [7, 11) is 0. The number of hydrogen-bond acceptors (Lipinski definition) is 6. The van der Waals surface area contributed by atoms with Crippen molar-refractivity contribution in [1.82, 2.24) is 9.38 Å². The van der Waals surface area contributed by atoms with Gasteiger partial charge in [0, 0.05) is 11.6 Å². The third-order valence-corrected chi connectivity index (χ3v) is 4.81. The molecule has 0 fully saturated rings. The van der Waals surface area contributed by atoms with Gasteiger partial charge in [-0.25, -0.2) is 4.98 Å². The van der Waals surface area contributed by atoms with Crippen LogP contribution in [-0.4, -0.2) is 21.1 Å². The molecule has 0 atom stereocenters. The number of aromatic nitrogens is 2. The molecule has 8 heteroatoms. The average Bonchev–Trinajstić information content (AvgIpc) is 3.11. The topological polar surface area (TPSA) is 74.5 Å². The van der Waals surface area contributed by atoms with Crippen LogP contribution in [0.4, 0.5) is 0 Å². The zero-order chi connectivity index (χ0) is 15.0. The summed E-state index contributed by atoms with van der Waals surface area (Å²) in [6, 6.07) is 2.81. The number of aromatic carboxylic acids is 1. The van der Waals surface area contributed by atoms with Crippen molar-refractivity contribution in [2.45, 2.75) is 0 Å². The van der Waals surface area contributed by atoms with Gasteiger partial charge < -0.3 is 9.90 Å². The Kier molecular flexibility index (Phi) is 3.62. The summed E-state index contributed by atoms with van der Waals surface area (Å²) >= 11 is 8.33. The van der Waals surface area contributed by atoms with E-state index in [4.69, 9.17) is 11.6 Å². The summed E-state index contributed by atoms with van der Waals surface area (Å²) in [5.41, 5.74) is 0.609. The first-order valence-electron chi connectivity index (χ1n) is 5.71. The van der Waals surface area contributed by atoms with Gasteiger partial charge >= 0.3 is 0 Å². The van der Waals surface area contributed by atoms with Gasteiger partial charge in [0.1, 0.15) is 0 Å². The van der Waals surface area contributed by atoms with Crippen LogP contribution in [0.5, 0.6) is 0 Å². The molecule has 0 amide bonds. The van der Waals surface area contributed by atoms with E-state index in [1.807, 2.05) is 11.6 Å². The summed E-state index contributed by atoms with van der Waals surface area (Å²) in [5.74, 6) is -1.59. The van der Waals surface area contributed by atoms with E-state index in [9.17, 15) is 14.7 Å². The number of ketones is 1. The van der Waals surface area contributed by atoms with Crippen LogP contribution in [0, 0.1) is 0 Å². The molecular formula is C13H6ClN2O3S2-. The van der Waals surface area contributed by atoms with Crippen molar-refractivity contribution in [2.75, 3.05) is 0 Å². The van der Waals surface area contributed by atoms with Crippen LogP contribution >= 0.6 is 34.3 Å². The Hall–Kier alpha value is -1.96.